The molecule has 1 atom stereocenters. The topological polar surface area (TPSA) is 73.9 Å². The van der Waals surface area contributed by atoms with Crippen LogP contribution in [0.1, 0.15) is 43.4 Å². The monoisotopic (exact) mass is 443 g/mol. The molecule has 0 radical (unpaired) electrons. The number of thioether (sulfide) groups is 1. The van der Waals surface area contributed by atoms with Gasteiger partial charge in [0.1, 0.15) is 0 Å². The van der Waals surface area contributed by atoms with Crippen LogP contribution in [0, 0.1) is 0 Å². The summed E-state index contributed by atoms with van der Waals surface area (Å²) in [5.41, 5.74) is 3.47. The van der Waals surface area contributed by atoms with E-state index in [1.54, 1.807) is 27.4 Å². The molecule has 0 unspecified atom stereocenters. The van der Waals surface area contributed by atoms with E-state index in [0.717, 1.165) is 28.7 Å². The normalized spacial score (nSPS) is 14.7. The van der Waals surface area contributed by atoms with Crippen molar-refractivity contribution in [3.63, 3.8) is 0 Å². The largest absolute Gasteiger partial charge is 0.493 e. The molecule has 166 valence electrons. The maximum Gasteiger partial charge on any atom is 0.220 e. The molecule has 3 rings (SSSR count). The third-order valence-corrected chi connectivity index (χ3v) is 6.31. The summed E-state index contributed by atoms with van der Waals surface area (Å²) in [7, 11) is 4.76. The highest BCUT2D eigenvalue weighted by molar-refractivity contribution is 7.98. The molecule has 0 aromatic heterocycles. The van der Waals surface area contributed by atoms with Gasteiger partial charge < -0.3 is 19.5 Å². The molecule has 0 bridgehead atoms. The standard InChI is InChI=1S/C24H29NO5S/c1-6-7-21(27)25-17-10-8-14-12-19(28-2)23(29-3)24(30-4)22(14)15-9-11-20(31-5)18(26)13-16(15)17/h9,11-13,17H,6-8,10H2,1-5H3,(H,25,27)/t17-/m0/s1. The van der Waals surface area contributed by atoms with Crippen molar-refractivity contribution < 1.29 is 19.0 Å². The van der Waals surface area contributed by atoms with Crippen molar-refractivity contribution in [2.24, 2.45) is 0 Å². The molecule has 7 heteroatoms. The highest BCUT2D eigenvalue weighted by atomic mass is 32.2. The Morgan fingerprint density at radius 2 is 1.87 bits per heavy atom. The van der Waals surface area contributed by atoms with Gasteiger partial charge in [-0.2, -0.15) is 0 Å². The van der Waals surface area contributed by atoms with E-state index < -0.39 is 0 Å². The van der Waals surface area contributed by atoms with Crippen LogP contribution in [0.3, 0.4) is 0 Å². The van der Waals surface area contributed by atoms with Crippen LogP contribution in [-0.2, 0) is 11.2 Å². The van der Waals surface area contributed by atoms with E-state index in [4.69, 9.17) is 14.2 Å². The Morgan fingerprint density at radius 3 is 2.48 bits per heavy atom. The summed E-state index contributed by atoms with van der Waals surface area (Å²) in [5, 5.41) is 3.14. The quantitative estimate of drug-likeness (QED) is 0.641. The predicted octanol–water partition coefficient (Wildman–Crippen LogP) is 4.37. The molecule has 2 aromatic rings. The van der Waals surface area contributed by atoms with Gasteiger partial charge in [-0.05, 0) is 60.4 Å². The molecule has 1 aliphatic rings. The maximum atomic E-state index is 12.9. The lowest BCUT2D eigenvalue weighted by atomic mass is 9.95. The zero-order chi connectivity index (χ0) is 22.5. The molecule has 0 saturated carbocycles. The third kappa shape index (κ3) is 4.51. The fourth-order valence-corrected chi connectivity index (χ4v) is 4.57. The van der Waals surface area contributed by atoms with Crippen LogP contribution in [0.25, 0.3) is 11.1 Å². The summed E-state index contributed by atoms with van der Waals surface area (Å²) >= 11 is 1.41. The minimum absolute atomic E-state index is 0.0180. The Balaban J connectivity index is 2.33. The summed E-state index contributed by atoms with van der Waals surface area (Å²) in [6, 6.07) is 7.11. The fourth-order valence-electron chi connectivity index (χ4n) is 4.11. The Kier molecular flexibility index (Phi) is 7.49. The van der Waals surface area contributed by atoms with E-state index in [1.165, 1.54) is 11.8 Å². The Morgan fingerprint density at radius 1 is 1.13 bits per heavy atom. The van der Waals surface area contributed by atoms with Gasteiger partial charge in [0.25, 0.3) is 0 Å². The lowest BCUT2D eigenvalue weighted by molar-refractivity contribution is -0.121. The van der Waals surface area contributed by atoms with Crippen LogP contribution in [0.4, 0.5) is 0 Å². The highest BCUT2D eigenvalue weighted by Crippen LogP contribution is 2.50. The van der Waals surface area contributed by atoms with Crippen molar-refractivity contribution in [2.45, 2.75) is 43.5 Å². The molecule has 1 aliphatic carbocycles. The summed E-state index contributed by atoms with van der Waals surface area (Å²) < 4.78 is 16.9. The van der Waals surface area contributed by atoms with E-state index in [0.29, 0.717) is 41.4 Å². The maximum absolute atomic E-state index is 12.9. The number of hydrogen-bond donors (Lipinski definition) is 1. The number of benzene rings is 1. The molecule has 0 fully saturated rings. The van der Waals surface area contributed by atoms with Gasteiger partial charge in [0, 0.05) is 12.0 Å². The number of carbonyl (C=O) groups excluding carboxylic acids is 1. The first kappa shape index (κ1) is 23.0. The first-order valence-electron chi connectivity index (χ1n) is 10.3. The summed E-state index contributed by atoms with van der Waals surface area (Å²) in [6.07, 6.45) is 4.44. The van der Waals surface area contributed by atoms with Gasteiger partial charge in [0.05, 0.1) is 32.3 Å². The van der Waals surface area contributed by atoms with Crippen LogP contribution < -0.4 is 25.0 Å². The van der Waals surface area contributed by atoms with Crippen LogP contribution >= 0.6 is 11.8 Å². The van der Waals surface area contributed by atoms with Gasteiger partial charge in [-0.25, -0.2) is 0 Å². The SMILES string of the molecule is CCCC(=O)N[C@H]1CCc2cc(OC)c(OC)c(OC)c2-c2ccc(SC)c(=O)cc21. The van der Waals surface area contributed by atoms with E-state index in [-0.39, 0.29) is 17.4 Å². The van der Waals surface area contributed by atoms with Gasteiger partial charge in [-0.3, -0.25) is 9.59 Å². The molecule has 0 spiro atoms. The number of amides is 1. The second-order valence-corrected chi connectivity index (χ2v) is 8.22. The summed E-state index contributed by atoms with van der Waals surface area (Å²) in [4.78, 5) is 26.0. The molecule has 6 nitrogen and oxygen atoms in total. The van der Waals surface area contributed by atoms with Gasteiger partial charge >= 0.3 is 0 Å². The van der Waals surface area contributed by atoms with E-state index in [2.05, 4.69) is 5.32 Å². The second-order valence-electron chi connectivity index (χ2n) is 7.37. The third-order valence-electron chi connectivity index (χ3n) is 5.53. The molecular weight excluding hydrogens is 414 g/mol. The number of fused-ring (bicyclic) bond motifs is 3. The number of rotatable bonds is 7. The molecule has 0 heterocycles. The van der Waals surface area contributed by atoms with Crippen molar-refractivity contribution >= 4 is 17.7 Å². The number of aryl methyl sites for hydroxylation is 1. The minimum atomic E-state index is -0.280. The minimum Gasteiger partial charge on any atom is -0.493 e. The summed E-state index contributed by atoms with van der Waals surface area (Å²) in [5.74, 6) is 1.63. The van der Waals surface area contributed by atoms with Crippen LogP contribution in [0.15, 0.2) is 34.0 Å². The highest BCUT2D eigenvalue weighted by Gasteiger charge is 2.29. The van der Waals surface area contributed by atoms with Crippen molar-refractivity contribution in [1.82, 2.24) is 5.32 Å². The second kappa shape index (κ2) is 10.1. The Labute approximate surface area is 187 Å². The molecule has 1 N–H and O–H groups in total. The van der Waals surface area contributed by atoms with E-state index >= 15 is 0 Å². The number of carbonyl (C=O) groups is 1. The average Bonchev–Trinajstić information content (AvgIpc) is 3.01. The Bertz CT molecular complexity index is 1040. The predicted molar refractivity (Wildman–Crippen MR) is 124 cm³/mol. The molecule has 31 heavy (non-hydrogen) atoms. The first-order chi connectivity index (χ1) is 15.0. The number of hydrogen-bond acceptors (Lipinski definition) is 6. The van der Waals surface area contributed by atoms with Crippen molar-refractivity contribution in [1.29, 1.82) is 0 Å². The van der Waals surface area contributed by atoms with E-state index in [1.807, 2.05) is 31.4 Å². The molecular formula is C24H29NO5S. The van der Waals surface area contributed by atoms with Crippen LogP contribution in [-0.4, -0.2) is 33.5 Å². The molecule has 1 amide bonds. The fraction of sp³-hybridized carbons (Fsp3) is 0.417. The first-order valence-corrected chi connectivity index (χ1v) is 11.5. The van der Waals surface area contributed by atoms with Gasteiger partial charge in [-0.15, -0.1) is 11.8 Å². The van der Waals surface area contributed by atoms with E-state index in [9.17, 15) is 9.59 Å². The van der Waals surface area contributed by atoms with Crippen molar-refractivity contribution in [3.8, 4) is 28.4 Å². The van der Waals surface area contributed by atoms with Crippen molar-refractivity contribution in [3.05, 3.63) is 45.6 Å². The molecule has 2 aromatic carbocycles. The molecule has 0 saturated heterocycles. The molecule has 0 aliphatic heterocycles. The number of ether oxygens (including phenoxy) is 3. The zero-order valence-corrected chi connectivity index (χ0v) is 19.5. The van der Waals surface area contributed by atoms with Crippen molar-refractivity contribution in [2.75, 3.05) is 27.6 Å². The van der Waals surface area contributed by atoms with Gasteiger partial charge in [0.15, 0.2) is 16.9 Å². The smallest absolute Gasteiger partial charge is 0.220 e. The lowest BCUT2D eigenvalue weighted by Crippen LogP contribution is -2.28. The van der Waals surface area contributed by atoms with Gasteiger partial charge in [-0.1, -0.05) is 13.0 Å². The van der Waals surface area contributed by atoms with Crippen LogP contribution in [0.5, 0.6) is 17.2 Å². The lowest BCUT2D eigenvalue weighted by Gasteiger charge is -2.20. The summed E-state index contributed by atoms with van der Waals surface area (Å²) in [6.45, 7) is 1.97. The Hall–Kier alpha value is -2.67. The average molecular weight is 444 g/mol. The van der Waals surface area contributed by atoms with Crippen LogP contribution in [0.2, 0.25) is 0 Å². The number of methoxy groups -OCH3 is 3. The van der Waals surface area contributed by atoms with Gasteiger partial charge in [0.2, 0.25) is 11.7 Å². The number of nitrogens with one attached hydrogen (secondary N) is 1. The zero-order valence-electron chi connectivity index (χ0n) is 18.7.